The average molecular weight is 493 g/mol. The zero-order valence-corrected chi connectivity index (χ0v) is 18.2. The zero-order chi connectivity index (χ0) is 24.2. The number of nitrogens with zero attached hydrogens (tertiary/aromatic N) is 2. The molecule has 3 aromatic rings. The van der Waals surface area contributed by atoms with Crippen molar-refractivity contribution in [1.29, 1.82) is 0 Å². The van der Waals surface area contributed by atoms with Crippen LogP contribution in [0, 0.1) is 5.82 Å². The lowest BCUT2D eigenvalue weighted by molar-refractivity contribution is -0.137. The first-order chi connectivity index (χ1) is 16.1. The van der Waals surface area contributed by atoms with Gasteiger partial charge in [0.25, 0.3) is 5.91 Å². The number of carbonyl (C=O) groups excluding carboxylic acids is 1. The van der Waals surface area contributed by atoms with Crippen LogP contribution in [0.1, 0.15) is 27.2 Å². The number of fused-ring (bicyclic) bond motifs is 8. The molecule has 3 heterocycles. The standard InChI is InChI=1S/C23H17ClF4N4O2/c24-16-8-14-20(9-15(16)23(26,27)28)31-11-32(22(14)34)19-3-4-21(33)30-17(19)5-6-29-10-12-7-13(25)1-2-18(12)31/h1-4,7-9,29H,5-6,10-11H2,(H,30,33). The number of anilines is 3. The maximum absolute atomic E-state index is 14.1. The van der Waals surface area contributed by atoms with Crippen LogP contribution >= 0.6 is 11.6 Å². The van der Waals surface area contributed by atoms with Crippen LogP contribution in [0.15, 0.2) is 47.3 Å². The molecule has 1 amide bonds. The van der Waals surface area contributed by atoms with Crippen LogP contribution < -0.4 is 20.7 Å². The van der Waals surface area contributed by atoms with Gasteiger partial charge in [-0.25, -0.2) is 4.39 Å². The van der Waals surface area contributed by atoms with E-state index in [0.29, 0.717) is 35.6 Å². The van der Waals surface area contributed by atoms with Crippen molar-refractivity contribution in [2.75, 3.05) is 23.0 Å². The topological polar surface area (TPSA) is 68.4 Å². The Morgan fingerprint density at radius 1 is 0.941 bits per heavy atom. The van der Waals surface area contributed by atoms with Crippen LogP contribution in [0.2, 0.25) is 5.02 Å². The third-order valence-electron chi connectivity index (χ3n) is 5.91. The van der Waals surface area contributed by atoms with Gasteiger partial charge in [0.1, 0.15) is 12.5 Å². The van der Waals surface area contributed by atoms with E-state index in [1.165, 1.54) is 40.1 Å². The van der Waals surface area contributed by atoms with Crippen molar-refractivity contribution in [3.05, 3.63) is 86.0 Å². The van der Waals surface area contributed by atoms with Crippen molar-refractivity contribution in [2.24, 2.45) is 0 Å². The van der Waals surface area contributed by atoms with Gasteiger partial charge in [0.2, 0.25) is 5.56 Å². The highest BCUT2D eigenvalue weighted by Gasteiger charge is 2.39. The third-order valence-corrected chi connectivity index (χ3v) is 6.22. The predicted molar refractivity (Wildman–Crippen MR) is 119 cm³/mol. The van der Waals surface area contributed by atoms with Crippen molar-refractivity contribution in [2.45, 2.75) is 19.1 Å². The van der Waals surface area contributed by atoms with E-state index in [2.05, 4.69) is 10.3 Å². The van der Waals surface area contributed by atoms with Gasteiger partial charge in [0, 0.05) is 37.0 Å². The van der Waals surface area contributed by atoms with E-state index in [4.69, 9.17) is 11.6 Å². The van der Waals surface area contributed by atoms with Gasteiger partial charge in [0.15, 0.2) is 0 Å². The minimum atomic E-state index is -4.74. The first-order valence-electron chi connectivity index (χ1n) is 10.3. The fourth-order valence-corrected chi connectivity index (χ4v) is 4.61. The molecule has 1 aromatic heterocycles. The first-order valence-corrected chi connectivity index (χ1v) is 10.7. The van der Waals surface area contributed by atoms with Crippen molar-refractivity contribution < 1.29 is 22.4 Å². The summed E-state index contributed by atoms with van der Waals surface area (Å²) in [5.41, 5.74) is 0.406. The summed E-state index contributed by atoms with van der Waals surface area (Å²) in [6, 6.07) is 8.62. The summed E-state index contributed by atoms with van der Waals surface area (Å²) >= 11 is 5.95. The summed E-state index contributed by atoms with van der Waals surface area (Å²) in [5.74, 6) is -1.06. The van der Waals surface area contributed by atoms with Crippen LogP contribution in [0.4, 0.5) is 34.6 Å². The lowest BCUT2D eigenvalue weighted by Gasteiger charge is -2.39. The molecule has 0 atom stereocenters. The highest BCUT2D eigenvalue weighted by atomic mass is 35.5. The number of aromatic nitrogens is 1. The van der Waals surface area contributed by atoms with E-state index in [1.807, 2.05) is 0 Å². The number of benzene rings is 2. The Balaban J connectivity index is 1.79. The first kappa shape index (κ1) is 22.4. The molecule has 2 aliphatic heterocycles. The molecule has 0 fully saturated rings. The van der Waals surface area contributed by atoms with Crippen molar-refractivity contribution in [3.8, 4) is 0 Å². The van der Waals surface area contributed by atoms with Gasteiger partial charge in [-0.05, 0) is 42.0 Å². The molecule has 2 bridgehead atoms. The predicted octanol–water partition coefficient (Wildman–Crippen LogP) is 4.59. The van der Waals surface area contributed by atoms with E-state index < -0.39 is 28.5 Å². The number of carbonyl (C=O) groups is 1. The van der Waals surface area contributed by atoms with Gasteiger partial charge in [-0.1, -0.05) is 11.6 Å². The van der Waals surface area contributed by atoms with E-state index in [-0.39, 0.29) is 30.0 Å². The highest BCUT2D eigenvalue weighted by Crippen LogP contribution is 2.44. The van der Waals surface area contributed by atoms with E-state index in [0.717, 1.165) is 12.1 Å². The van der Waals surface area contributed by atoms with Crippen LogP contribution in [0.5, 0.6) is 0 Å². The minimum absolute atomic E-state index is 0.0102. The normalized spacial score (nSPS) is 15.9. The molecule has 0 unspecified atom stereocenters. The molecule has 0 aliphatic carbocycles. The highest BCUT2D eigenvalue weighted by molar-refractivity contribution is 6.32. The number of rotatable bonds is 0. The molecular formula is C23H17ClF4N4O2. The molecule has 2 N–H and O–H groups in total. The number of nitrogens with one attached hydrogen (secondary N) is 2. The molecule has 176 valence electrons. The molecule has 2 aliphatic rings. The van der Waals surface area contributed by atoms with E-state index in [9.17, 15) is 27.2 Å². The maximum Gasteiger partial charge on any atom is 0.417 e. The number of alkyl halides is 3. The molecule has 34 heavy (non-hydrogen) atoms. The summed E-state index contributed by atoms with van der Waals surface area (Å²) in [6.07, 6.45) is -4.37. The molecule has 5 rings (SSSR count). The summed E-state index contributed by atoms with van der Waals surface area (Å²) in [6.45, 7) is 0.476. The van der Waals surface area contributed by atoms with Gasteiger partial charge < -0.3 is 15.2 Å². The number of hydrogen-bond acceptors (Lipinski definition) is 4. The van der Waals surface area contributed by atoms with Gasteiger partial charge in [-0.3, -0.25) is 14.5 Å². The quantitative estimate of drug-likeness (QED) is 0.451. The zero-order valence-electron chi connectivity index (χ0n) is 17.5. The van der Waals surface area contributed by atoms with Crippen molar-refractivity contribution in [3.63, 3.8) is 0 Å². The fourth-order valence-electron chi connectivity index (χ4n) is 4.34. The molecule has 0 spiro atoms. The Labute approximate surface area is 195 Å². The molecule has 0 saturated heterocycles. The Hall–Kier alpha value is -3.37. The van der Waals surface area contributed by atoms with Crippen LogP contribution in [0.25, 0.3) is 0 Å². The summed E-state index contributed by atoms with van der Waals surface area (Å²) in [4.78, 5) is 31.1. The lowest BCUT2D eigenvalue weighted by Crippen LogP contribution is -2.46. The molecule has 0 saturated carbocycles. The smallest absolute Gasteiger partial charge is 0.324 e. The Bertz CT molecular complexity index is 1370. The maximum atomic E-state index is 14.1. The van der Waals surface area contributed by atoms with Gasteiger partial charge >= 0.3 is 6.18 Å². The molecular weight excluding hydrogens is 476 g/mol. The monoisotopic (exact) mass is 492 g/mol. The van der Waals surface area contributed by atoms with E-state index >= 15 is 0 Å². The largest absolute Gasteiger partial charge is 0.417 e. The lowest BCUT2D eigenvalue weighted by atomic mass is 10.0. The summed E-state index contributed by atoms with van der Waals surface area (Å²) < 4.78 is 55.0. The number of halogens is 5. The number of pyridine rings is 1. The van der Waals surface area contributed by atoms with Crippen LogP contribution in [-0.2, 0) is 19.1 Å². The second-order valence-electron chi connectivity index (χ2n) is 8.04. The molecule has 0 radical (unpaired) electrons. The second-order valence-corrected chi connectivity index (χ2v) is 8.44. The summed E-state index contributed by atoms with van der Waals surface area (Å²) in [5, 5.41) is 2.56. The Morgan fingerprint density at radius 2 is 1.71 bits per heavy atom. The van der Waals surface area contributed by atoms with Gasteiger partial charge in [0.05, 0.1) is 27.5 Å². The number of aromatic amines is 1. The number of amides is 1. The summed E-state index contributed by atoms with van der Waals surface area (Å²) in [7, 11) is 0. The second kappa shape index (κ2) is 8.14. The Morgan fingerprint density at radius 3 is 2.47 bits per heavy atom. The van der Waals surface area contributed by atoms with E-state index in [1.54, 1.807) is 0 Å². The van der Waals surface area contributed by atoms with Crippen molar-refractivity contribution in [1.82, 2.24) is 10.3 Å². The Kier molecular flexibility index (Phi) is 5.37. The molecule has 2 aromatic carbocycles. The fraction of sp³-hybridized carbons (Fsp3) is 0.217. The molecule has 6 nitrogen and oxygen atoms in total. The van der Waals surface area contributed by atoms with Gasteiger partial charge in [-0.15, -0.1) is 0 Å². The average Bonchev–Trinajstić information content (AvgIpc) is 2.79. The third kappa shape index (κ3) is 3.82. The van der Waals surface area contributed by atoms with Crippen molar-refractivity contribution >= 4 is 34.6 Å². The minimum Gasteiger partial charge on any atom is -0.324 e. The van der Waals surface area contributed by atoms with Gasteiger partial charge in [-0.2, -0.15) is 13.2 Å². The van der Waals surface area contributed by atoms with Crippen LogP contribution in [0.3, 0.4) is 0 Å². The molecule has 11 heteroatoms. The van der Waals surface area contributed by atoms with Crippen LogP contribution in [-0.4, -0.2) is 24.1 Å². The SMILES string of the molecule is O=C1c2cc(Cl)c(C(F)(F)F)cc2N2CN1c1ccc(=O)[nH]c1CCNCc1cc(F)ccc12. The number of hydrogen-bond donors (Lipinski definition) is 2. The number of H-pyrrole nitrogens is 1.